The molecule has 0 amide bonds. The fraction of sp³-hybridized carbons (Fsp3) is 0.474. The molecular weight excluding hydrogens is 332 g/mol. The van der Waals surface area contributed by atoms with Gasteiger partial charge in [-0.3, -0.25) is 4.99 Å². The predicted octanol–water partition coefficient (Wildman–Crippen LogP) is 3.36. The van der Waals surface area contributed by atoms with Crippen molar-refractivity contribution in [2.24, 2.45) is 4.99 Å². The summed E-state index contributed by atoms with van der Waals surface area (Å²) in [6.45, 7) is 6.04. The van der Waals surface area contributed by atoms with Gasteiger partial charge in [0.25, 0.3) is 0 Å². The maximum atomic E-state index is 5.21. The Balaban J connectivity index is 1.69. The molecule has 0 saturated heterocycles. The Morgan fingerprint density at radius 1 is 1.24 bits per heavy atom. The van der Waals surface area contributed by atoms with Crippen LogP contribution in [0.5, 0.6) is 5.75 Å². The van der Waals surface area contributed by atoms with Crippen LogP contribution >= 0.6 is 11.3 Å². The number of methoxy groups -OCH3 is 1. The first-order chi connectivity index (χ1) is 12.1. The summed E-state index contributed by atoms with van der Waals surface area (Å²) < 4.78 is 5.21. The summed E-state index contributed by atoms with van der Waals surface area (Å²) >= 11 is 1.75. The average molecular weight is 361 g/mol. The molecule has 1 heterocycles. The van der Waals surface area contributed by atoms with Gasteiger partial charge >= 0.3 is 0 Å². The van der Waals surface area contributed by atoms with Crippen LogP contribution < -0.4 is 15.4 Å². The summed E-state index contributed by atoms with van der Waals surface area (Å²) in [6.07, 6.45) is 3.88. The third-order valence-corrected chi connectivity index (χ3v) is 5.05. The SMILES string of the molecule is CN=C(NCCc1ncc(C)s1)NCCC(C)c1ccc(OC)cc1. The van der Waals surface area contributed by atoms with Gasteiger partial charge in [0.2, 0.25) is 0 Å². The van der Waals surface area contributed by atoms with Gasteiger partial charge in [-0.25, -0.2) is 4.98 Å². The number of nitrogens with one attached hydrogen (secondary N) is 2. The topological polar surface area (TPSA) is 58.5 Å². The molecule has 0 fully saturated rings. The number of aliphatic imine (C=N–C) groups is 1. The third kappa shape index (κ3) is 6.38. The molecule has 6 heteroatoms. The van der Waals surface area contributed by atoms with Crippen LogP contribution in [0.25, 0.3) is 0 Å². The van der Waals surface area contributed by atoms with Crippen LogP contribution in [0.1, 0.15) is 34.7 Å². The van der Waals surface area contributed by atoms with Crippen molar-refractivity contribution in [1.29, 1.82) is 0 Å². The van der Waals surface area contributed by atoms with Crippen molar-refractivity contribution in [2.75, 3.05) is 27.2 Å². The summed E-state index contributed by atoms with van der Waals surface area (Å²) in [7, 11) is 3.49. The Bertz CT molecular complexity index is 666. The number of hydrogen-bond acceptors (Lipinski definition) is 4. The minimum Gasteiger partial charge on any atom is -0.497 e. The van der Waals surface area contributed by atoms with E-state index in [-0.39, 0.29) is 0 Å². The van der Waals surface area contributed by atoms with Crippen LogP contribution in [0, 0.1) is 6.92 Å². The molecule has 2 N–H and O–H groups in total. The average Bonchev–Trinajstić information content (AvgIpc) is 3.05. The van der Waals surface area contributed by atoms with E-state index >= 15 is 0 Å². The maximum Gasteiger partial charge on any atom is 0.190 e. The smallest absolute Gasteiger partial charge is 0.190 e. The van der Waals surface area contributed by atoms with Gasteiger partial charge < -0.3 is 15.4 Å². The summed E-state index contributed by atoms with van der Waals surface area (Å²) in [5.74, 6) is 2.22. The first-order valence-corrected chi connectivity index (χ1v) is 9.43. The molecule has 136 valence electrons. The number of rotatable bonds is 8. The first kappa shape index (κ1) is 19.2. The zero-order valence-corrected chi connectivity index (χ0v) is 16.3. The van der Waals surface area contributed by atoms with Crippen molar-refractivity contribution in [3.8, 4) is 5.75 Å². The standard InChI is InChI=1S/C19H28N4OS/c1-14(16-5-7-17(24-4)8-6-16)9-11-21-19(20-3)22-12-10-18-23-13-15(2)25-18/h5-8,13-14H,9-12H2,1-4H3,(H2,20,21,22). The molecule has 0 radical (unpaired) electrons. The minimum absolute atomic E-state index is 0.481. The van der Waals surface area contributed by atoms with Crippen LogP contribution in [0.2, 0.25) is 0 Å². The lowest BCUT2D eigenvalue weighted by molar-refractivity contribution is 0.414. The number of aromatic nitrogens is 1. The Morgan fingerprint density at radius 3 is 2.56 bits per heavy atom. The van der Waals surface area contributed by atoms with E-state index in [4.69, 9.17) is 4.74 Å². The van der Waals surface area contributed by atoms with E-state index in [1.54, 1.807) is 25.5 Å². The lowest BCUT2D eigenvalue weighted by atomic mass is 9.98. The summed E-state index contributed by atoms with van der Waals surface area (Å²) in [4.78, 5) is 9.91. The van der Waals surface area contributed by atoms with E-state index in [9.17, 15) is 0 Å². The van der Waals surface area contributed by atoms with Crippen molar-refractivity contribution < 1.29 is 4.74 Å². The fourth-order valence-electron chi connectivity index (χ4n) is 2.53. The van der Waals surface area contributed by atoms with E-state index in [2.05, 4.69) is 46.6 Å². The van der Waals surface area contributed by atoms with Gasteiger partial charge in [0.05, 0.1) is 12.1 Å². The highest BCUT2D eigenvalue weighted by atomic mass is 32.1. The van der Waals surface area contributed by atoms with Gasteiger partial charge in [-0.15, -0.1) is 11.3 Å². The second-order valence-electron chi connectivity index (χ2n) is 6.00. The molecule has 0 aliphatic rings. The number of aryl methyl sites for hydroxylation is 1. The number of hydrogen-bond donors (Lipinski definition) is 2. The molecule has 0 aliphatic heterocycles. The number of ether oxygens (including phenoxy) is 1. The highest BCUT2D eigenvalue weighted by Gasteiger charge is 2.06. The van der Waals surface area contributed by atoms with E-state index in [0.29, 0.717) is 5.92 Å². The number of guanidine groups is 1. The van der Waals surface area contributed by atoms with Crippen molar-refractivity contribution >= 4 is 17.3 Å². The van der Waals surface area contributed by atoms with Crippen LogP contribution in [0.4, 0.5) is 0 Å². The van der Waals surface area contributed by atoms with Gasteiger partial charge in [0.15, 0.2) is 5.96 Å². The van der Waals surface area contributed by atoms with Gasteiger partial charge in [0.1, 0.15) is 5.75 Å². The number of benzene rings is 1. The quantitative estimate of drug-likeness (QED) is 0.560. The fourth-order valence-corrected chi connectivity index (χ4v) is 3.32. The second kappa shape index (κ2) is 10.0. The summed E-state index contributed by atoms with van der Waals surface area (Å²) in [5.41, 5.74) is 1.32. The molecule has 1 atom stereocenters. The maximum absolute atomic E-state index is 5.21. The largest absolute Gasteiger partial charge is 0.497 e. The van der Waals surface area contributed by atoms with Crippen molar-refractivity contribution in [3.05, 3.63) is 45.9 Å². The van der Waals surface area contributed by atoms with Gasteiger partial charge in [-0.2, -0.15) is 0 Å². The van der Waals surface area contributed by atoms with Crippen LogP contribution in [0.3, 0.4) is 0 Å². The molecule has 0 bridgehead atoms. The van der Waals surface area contributed by atoms with E-state index in [1.165, 1.54) is 10.4 Å². The summed E-state index contributed by atoms with van der Waals surface area (Å²) in [5, 5.41) is 7.89. The molecule has 0 aliphatic carbocycles. The Hall–Kier alpha value is -2.08. The van der Waals surface area contributed by atoms with Crippen LogP contribution in [-0.4, -0.2) is 38.2 Å². The van der Waals surface area contributed by atoms with Gasteiger partial charge in [0, 0.05) is 37.6 Å². The molecular formula is C19H28N4OS. The molecule has 0 saturated carbocycles. The van der Waals surface area contributed by atoms with Gasteiger partial charge in [-0.1, -0.05) is 19.1 Å². The monoisotopic (exact) mass is 360 g/mol. The highest BCUT2D eigenvalue weighted by molar-refractivity contribution is 7.11. The zero-order valence-electron chi connectivity index (χ0n) is 15.5. The minimum atomic E-state index is 0.481. The van der Waals surface area contributed by atoms with Crippen LogP contribution in [0.15, 0.2) is 35.5 Å². The third-order valence-electron chi connectivity index (χ3n) is 4.08. The van der Waals surface area contributed by atoms with Crippen LogP contribution in [-0.2, 0) is 6.42 Å². The highest BCUT2D eigenvalue weighted by Crippen LogP contribution is 2.21. The number of nitrogens with zero attached hydrogens (tertiary/aromatic N) is 2. The molecule has 2 rings (SSSR count). The Kier molecular flexibility index (Phi) is 7.73. The Morgan fingerprint density at radius 2 is 1.96 bits per heavy atom. The normalized spacial score (nSPS) is 12.7. The van der Waals surface area contributed by atoms with Crippen molar-refractivity contribution in [1.82, 2.24) is 15.6 Å². The van der Waals surface area contributed by atoms with Crippen molar-refractivity contribution in [2.45, 2.75) is 32.6 Å². The number of thiazole rings is 1. The van der Waals surface area contributed by atoms with Crippen molar-refractivity contribution in [3.63, 3.8) is 0 Å². The molecule has 5 nitrogen and oxygen atoms in total. The molecule has 0 spiro atoms. The molecule has 2 aromatic rings. The molecule has 1 aromatic carbocycles. The Labute approximate surface area is 154 Å². The molecule has 25 heavy (non-hydrogen) atoms. The van der Waals surface area contributed by atoms with E-state index in [0.717, 1.165) is 42.6 Å². The van der Waals surface area contributed by atoms with E-state index < -0.39 is 0 Å². The first-order valence-electron chi connectivity index (χ1n) is 8.62. The zero-order chi connectivity index (χ0) is 18.1. The predicted molar refractivity (Wildman–Crippen MR) is 106 cm³/mol. The second-order valence-corrected chi connectivity index (χ2v) is 7.32. The molecule has 1 unspecified atom stereocenters. The lowest BCUT2D eigenvalue weighted by Gasteiger charge is -2.15. The lowest BCUT2D eigenvalue weighted by Crippen LogP contribution is -2.39. The molecule has 1 aromatic heterocycles. The van der Waals surface area contributed by atoms with Gasteiger partial charge in [-0.05, 0) is 37.0 Å². The summed E-state index contributed by atoms with van der Waals surface area (Å²) in [6, 6.07) is 8.29. The van der Waals surface area contributed by atoms with E-state index in [1.807, 2.05) is 18.3 Å².